The van der Waals surface area contributed by atoms with Crippen LogP contribution in [0.25, 0.3) is 43.1 Å². The number of hydrogen-bond acceptors (Lipinski definition) is 2. The Kier molecular flexibility index (Phi) is 7.59. The molecule has 0 heterocycles. The van der Waals surface area contributed by atoms with Gasteiger partial charge in [0.15, 0.2) is 0 Å². The highest BCUT2D eigenvalue weighted by molar-refractivity contribution is 8.02. The van der Waals surface area contributed by atoms with E-state index in [1.165, 1.54) is 64.3 Å². The van der Waals surface area contributed by atoms with Gasteiger partial charge in [-0.3, -0.25) is 0 Å². The first-order valence-corrected chi connectivity index (χ1v) is 16.9. The highest BCUT2D eigenvalue weighted by Crippen LogP contribution is 2.59. The van der Waals surface area contributed by atoms with Gasteiger partial charge in [-0.25, -0.2) is 0 Å². The van der Waals surface area contributed by atoms with Gasteiger partial charge in [0.05, 0.1) is 0 Å². The van der Waals surface area contributed by atoms with Crippen molar-refractivity contribution in [2.75, 3.05) is 0 Å². The molecule has 0 fully saturated rings. The number of benzene rings is 8. The normalized spacial score (nSPS) is 11.4. The molecule has 0 N–H and O–H groups in total. The average Bonchev–Trinajstić information content (AvgIpc) is 3.08. The quantitative estimate of drug-likeness (QED) is 0.195. The van der Waals surface area contributed by atoms with Crippen LogP contribution in [0.15, 0.2) is 170 Å². The largest absolute Gasteiger partial charge is 0.550 e. The van der Waals surface area contributed by atoms with Crippen molar-refractivity contribution in [3.05, 3.63) is 170 Å². The predicted octanol–water partition coefficient (Wildman–Crippen LogP) is 7.68. The van der Waals surface area contributed by atoms with Gasteiger partial charge in [-0.05, 0) is 52.7 Å². The van der Waals surface area contributed by atoms with E-state index in [2.05, 4.69) is 170 Å². The Balaban J connectivity index is 0.000000770. The van der Waals surface area contributed by atoms with E-state index in [0.717, 1.165) is 6.92 Å². The molecule has 0 aliphatic heterocycles. The number of carbonyl (C=O) groups excluding carboxylic acids is 1. The summed E-state index contributed by atoms with van der Waals surface area (Å²) in [5.74, 6) is -1.08. The molecular formula is C42H31O2P. The second-order valence-corrected chi connectivity index (χ2v) is 14.4. The van der Waals surface area contributed by atoms with Gasteiger partial charge in [-0.1, -0.05) is 146 Å². The Bertz CT molecular complexity index is 1990. The van der Waals surface area contributed by atoms with Crippen LogP contribution in [0.5, 0.6) is 0 Å². The molecule has 0 bridgehead atoms. The Hall–Kier alpha value is -5.30. The zero-order chi connectivity index (χ0) is 30.8. The van der Waals surface area contributed by atoms with Crippen LogP contribution in [0.1, 0.15) is 6.92 Å². The zero-order valence-corrected chi connectivity index (χ0v) is 25.8. The predicted molar refractivity (Wildman–Crippen MR) is 192 cm³/mol. The molecule has 0 radical (unpaired) electrons. The fraction of sp³-hybridized carbons (Fsp3) is 0.0238. The van der Waals surface area contributed by atoms with Gasteiger partial charge in [-0.15, -0.1) is 0 Å². The average molecular weight is 599 g/mol. The third kappa shape index (κ3) is 4.94. The molecule has 0 aromatic heterocycles. The lowest BCUT2D eigenvalue weighted by Crippen LogP contribution is -2.40. The van der Waals surface area contributed by atoms with Crippen molar-refractivity contribution in [1.29, 1.82) is 0 Å². The van der Waals surface area contributed by atoms with E-state index >= 15 is 0 Å². The Morgan fingerprint density at radius 1 is 0.378 bits per heavy atom. The second-order valence-electron chi connectivity index (χ2n) is 11.2. The Labute approximate surface area is 263 Å². The molecule has 2 nitrogen and oxygen atoms in total. The molecular weight excluding hydrogens is 567 g/mol. The molecule has 216 valence electrons. The lowest BCUT2D eigenvalue weighted by Gasteiger charge is -2.31. The number of carbonyl (C=O) groups is 1. The van der Waals surface area contributed by atoms with E-state index in [4.69, 9.17) is 9.90 Å². The van der Waals surface area contributed by atoms with E-state index in [9.17, 15) is 0 Å². The maximum Gasteiger partial charge on any atom is 0.146 e. The molecule has 45 heavy (non-hydrogen) atoms. The summed E-state index contributed by atoms with van der Waals surface area (Å²) < 4.78 is 0. The van der Waals surface area contributed by atoms with Crippen molar-refractivity contribution >= 4 is 77.5 Å². The number of carboxylic acid groups (broad SMARTS) is 1. The standard InChI is InChI=1S/C40H28P.C2H4O2/c1-5-21-33-29(13-1)17-9-25-37(33)41(38-26-10-18-30-14-2-6-22-34(30)38,39-27-11-19-31-15-3-7-23-35(31)39)40-28-12-20-32-16-4-8-24-36(32)40;1-2(3)4/h1-28H;1H3,(H,3,4)/q+1;/p-1. The van der Waals surface area contributed by atoms with Gasteiger partial charge >= 0.3 is 0 Å². The highest BCUT2D eigenvalue weighted by Gasteiger charge is 2.51. The van der Waals surface area contributed by atoms with Crippen LogP contribution in [-0.2, 0) is 4.79 Å². The molecule has 8 rings (SSSR count). The van der Waals surface area contributed by atoms with Crippen LogP contribution in [0, 0.1) is 0 Å². The zero-order valence-electron chi connectivity index (χ0n) is 24.9. The highest BCUT2D eigenvalue weighted by atomic mass is 31.2. The summed E-state index contributed by atoms with van der Waals surface area (Å²) in [5, 5.41) is 24.9. The number of carboxylic acids is 1. The molecule has 0 unspecified atom stereocenters. The van der Waals surface area contributed by atoms with E-state index < -0.39 is 13.2 Å². The Morgan fingerprint density at radius 3 is 0.822 bits per heavy atom. The summed E-state index contributed by atoms with van der Waals surface area (Å²) in [7, 11) is -2.49. The molecule has 8 aromatic rings. The molecule has 0 aliphatic rings. The number of rotatable bonds is 4. The third-order valence-corrected chi connectivity index (χ3v) is 13.0. The Morgan fingerprint density at radius 2 is 0.578 bits per heavy atom. The fourth-order valence-corrected chi connectivity index (χ4v) is 11.8. The summed E-state index contributed by atoms with van der Waals surface area (Å²) in [6, 6.07) is 63.3. The first-order valence-electron chi connectivity index (χ1n) is 15.1. The first-order chi connectivity index (χ1) is 22.1. The van der Waals surface area contributed by atoms with Crippen LogP contribution in [0.2, 0.25) is 0 Å². The van der Waals surface area contributed by atoms with Crippen molar-refractivity contribution in [3.63, 3.8) is 0 Å². The van der Waals surface area contributed by atoms with Crippen molar-refractivity contribution in [1.82, 2.24) is 0 Å². The minimum Gasteiger partial charge on any atom is -0.550 e. The molecule has 0 spiro atoms. The molecule has 3 heteroatoms. The monoisotopic (exact) mass is 598 g/mol. The van der Waals surface area contributed by atoms with Gasteiger partial charge < -0.3 is 9.90 Å². The van der Waals surface area contributed by atoms with Crippen LogP contribution < -0.4 is 26.3 Å². The van der Waals surface area contributed by atoms with Crippen molar-refractivity contribution in [2.24, 2.45) is 0 Å². The minimum atomic E-state index is -2.49. The first kappa shape index (κ1) is 28.5. The summed E-state index contributed by atoms with van der Waals surface area (Å²) in [6.45, 7) is 0.972. The summed E-state index contributed by atoms with van der Waals surface area (Å²) >= 11 is 0. The fourth-order valence-electron chi connectivity index (χ4n) is 6.78. The van der Waals surface area contributed by atoms with E-state index in [1.54, 1.807) is 0 Å². The summed E-state index contributed by atoms with van der Waals surface area (Å²) in [4.78, 5) is 8.89. The molecule has 0 atom stereocenters. The van der Waals surface area contributed by atoms with Gasteiger partial charge in [-0.2, -0.15) is 0 Å². The van der Waals surface area contributed by atoms with Gasteiger partial charge in [0.2, 0.25) is 0 Å². The SMILES string of the molecule is CC(=O)[O-].c1ccc2c([P+](c3cccc4ccccc34)(c3cccc4ccccc34)c3cccc4ccccc34)cccc2c1. The second kappa shape index (κ2) is 12.0. The number of aliphatic carboxylic acids is 1. The minimum absolute atomic E-state index is 0.972. The number of fused-ring (bicyclic) bond motifs is 4. The van der Waals surface area contributed by atoms with Crippen LogP contribution in [0.4, 0.5) is 0 Å². The molecule has 0 amide bonds. The van der Waals surface area contributed by atoms with Crippen molar-refractivity contribution in [2.45, 2.75) is 6.92 Å². The van der Waals surface area contributed by atoms with Crippen LogP contribution in [0.3, 0.4) is 0 Å². The van der Waals surface area contributed by atoms with E-state index in [1.807, 2.05) is 0 Å². The third-order valence-electron chi connectivity index (χ3n) is 8.51. The lowest BCUT2D eigenvalue weighted by molar-refractivity contribution is -0.302. The summed E-state index contributed by atoms with van der Waals surface area (Å²) in [6.07, 6.45) is 0. The van der Waals surface area contributed by atoms with Crippen LogP contribution in [-0.4, -0.2) is 5.97 Å². The van der Waals surface area contributed by atoms with Gasteiger partial charge in [0.25, 0.3) is 0 Å². The number of hydrogen-bond donors (Lipinski definition) is 0. The smallest absolute Gasteiger partial charge is 0.146 e. The van der Waals surface area contributed by atoms with Crippen molar-refractivity contribution < 1.29 is 9.90 Å². The van der Waals surface area contributed by atoms with E-state index in [-0.39, 0.29) is 0 Å². The van der Waals surface area contributed by atoms with E-state index in [0.29, 0.717) is 0 Å². The lowest BCUT2D eigenvalue weighted by atomic mass is 10.1. The maximum absolute atomic E-state index is 8.89. The van der Waals surface area contributed by atoms with Crippen LogP contribution >= 0.6 is 7.26 Å². The van der Waals surface area contributed by atoms with Crippen molar-refractivity contribution in [3.8, 4) is 0 Å². The molecule has 0 saturated carbocycles. The molecule has 0 aliphatic carbocycles. The summed E-state index contributed by atoms with van der Waals surface area (Å²) in [5.41, 5.74) is 0. The maximum atomic E-state index is 8.89. The topological polar surface area (TPSA) is 40.1 Å². The molecule has 0 saturated heterocycles. The van der Waals surface area contributed by atoms with Gasteiger partial charge in [0.1, 0.15) is 28.5 Å². The van der Waals surface area contributed by atoms with Gasteiger partial charge in [0, 0.05) is 27.5 Å². The molecule has 8 aromatic carbocycles.